The van der Waals surface area contributed by atoms with Crippen LogP contribution in [0.2, 0.25) is 0 Å². The van der Waals surface area contributed by atoms with Gasteiger partial charge in [-0.1, -0.05) is 77.3 Å². The van der Waals surface area contributed by atoms with Crippen molar-refractivity contribution in [2.24, 2.45) is 5.92 Å². The third-order valence-corrected chi connectivity index (χ3v) is 11.9. The van der Waals surface area contributed by atoms with Gasteiger partial charge in [0.15, 0.2) is 11.5 Å². The van der Waals surface area contributed by atoms with Crippen molar-refractivity contribution < 1.29 is 0 Å². The topological polar surface area (TPSA) is 152 Å². The molecule has 5 aromatic rings. The van der Waals surface area contributed by atoms with Crippen LogP contribution in [0.15, 0.2) is 86.4 Å². The number of anilines is 2. The molecular weight excluding hydrogens is 735 g/mol. The molecule has 1 saturated carbocycles. The van der Waals surface area contributed by atoms with Gasteiger partial charge in [0.25, 0.3) is 0 Å². The number of allylic oxidation sites excluding steroid dienone is 1. The molecule has 0 spiro atoms. The highest BCUT2D eigenvalue weighted by Crippen LogP contribution is 2.44. The molecule has 308 valence electrons. The lowest BCUT2D eigenvalue weighted by molar-refractivity contribution is 0.221. The molecule has 59 heavy (non-hydrogen) atoms. The fourth-order valence-electron chi connectivity index (χ4n) is 8.59. The van der Waals surface area contributed by atoms with E-state index in [1.54, 1.807) is 63.6 Å². The minimum absolute atomic E-state index is 0.120. The fourth-order valence-corrected chi connectivity index (χ4v) is 8.59. The number of nitriles is 2. The van der Waals surface area contributed by atoms with Gasteiger partial charge < -0.3 is 15.5 Å². The SMILES string of the molecule is C=CNC(=C)CCC1(C)CCc2cc(N3CCN(CCC4CCCCC4)CC3)ccc21.CC.N#CCNc1cc(-n2ncc3cc(C#N)cnc32)ncc1-n1ccnn1. The molecule has 2 fully saturated rings. The quantitative estimate of drug-likeness (QED) is 0.111. The van der Waals surface area contributed by atoms with Crippen LogP contribution >= 0.6 is 0 Å². The minimum atomic E-state index is 0.120. The van der Waals surface area contributed by atoms with Gasteiger partial charge in [0.1, 0.15) is 18.3 Å². The van der Waals surface area contributed by atoms with E-state index in [1.165, 1.54) is 96.0 Å². The standard InChI is InChI=1S/C28H43N3.C16H10N10.C2H6/c1-4-29-23(2)12-15-28(3)16-13-25-22-26(10-11-27(25)28)31-20-18-30(19-21-31)17-14-24-8-6-5-7-9-24;17-1-2-19-13-6-15(20-10-14(13)25-4-3-22-24-25)26-16-12(9-23-26)5-11(7-18)8-21-16;1-2/h4,10-11,22,24,29H,1-2,5-9,12-21H2,3H3;3-6,8-10H,2H2,(H,19,20);1-2H3. The normalized spacial score (nSPS) is 17.7. The van der Waals surface area contributed by atoms with E-state index in [2.05, 4.69) is 90.2 Å². The number of pyridine rings is 2. The Kier molecular flexibility index (Phi) is 14.8. The minimum Gasteiger partial charge on any atom is -0.370 e. The van der Waals surface area contributed by atoms with Crippen molar-refractivity contribution >= 4 is 22.4 Å². The molecule has 0 bridgehead atoms. The number of rotatable bonds is 13. The Morgan fingerprint density at radius 2 is 1.83 bits per heavy atom. The molecular formula is C46H59N13. The smallest absolute Gasteiger partial charge is 0.164 e. The zero-order valence-corrected chi connectivity index (χ0v) is 35.1. The highest BCUT2D eigenvalue weighted by molar-refractivity contribution is 5.77. The first kappa shape index (κ1) is 42.6. The van der Waals surface area contributed by atoms with Crippen LogP contribution in [0, 0.1) is 28.6 Å². The summed E-state index contributed by atoms with van der Waals surface area (Å²) in [4.78, 5) is 14.0. The predicted octanol–water partition coefficient (Wildman–Crippen LogP) is 8.24. The van der Waals surface area contributed by atoms with Crippen molar-refractivity contribution in [2.45, 2.75) is 90.4 Å². The van der Waals surface area contributed by atoms with Gasteiger partial charge in [-0.25, -0.2) is 14.6 Å². The summed E-state index contributed by atoms with van der Waals surface area (Å²) in [6.45, 7) is 20.5. The fraction of sp³-hybridized carbons (Fsp3) is 0.457. The van der Waals surface area contributed by atoms with Gasteiger partial charge in [0.2, 0.25) is 0 Å². The van der Waals surface area contributed by atoms with Crippen molar-refractivity contribution in [2.75, 3.05) is 49.5 Å². The molecule has 13 heteroatoms. The van der Waals surface area contributed by atoms with Gasteiger partial charge in [0.05, 0.1) is 42.1 Å². The van der Waals surface area contributed by atoms with Crippen LogP contribution in [0.4, 0.5) is 11.4 Å². The van der Waals surface area contributed by atoms with E-state index in [0.29, 0.717) is 28.4 Å². The van der Waals surface area contributed by atoms with Crippen LogP contribution < -0.4 is 15.5 Å². The molecule has 1 unspecified atom stereocenters. The second-order valence-corrected chi connectivity index (χ2v) is 15.7. The molecule has 5 heterocycles. The largest absolute Gasteiger partial charge is 0.370 e. The first-order chi connectivity index (χ1) is 28.9. The molecule has 0 amide bonds. The van der Waals surface area contributed by atoms with E-state index in [4.69, 9.17) is 10.5 Å². The summed E-state index contributed by atoms with van der Waals surface area (Å²) in [7, 11) is 0. The van der Waals surface area contributed by atoms with Crippen molar-refractivity contribution in [1.82, 2.24) is 45.0 Å². The monoisotopic (exact) mass is 794 g/mol. The van der Waals surface area contributed by atoms with E-state index in [1.807, 2.05) is 19.9 Å². The summed E-state index contributed by atoms with van der Waals surface area (Å²) in [5, 5.41) is 36.8. The van der Waals surface area contributed by atoms with Crippen LogP contribution in [-0.4, -0.2) is 78.9 Å². The summed E-state index contributed by atoms with van der Waals surface area (Å²) in [5.74, 6) is 1.52. The Bertz CT molecular complexity index is 2230. The van der Waals surface area contributed by atoms with Crippen molar-refractivity contribution in [3.05, 3.63) is 103 Å². The predicted molar refractivity (Wildman–Crippen MR) is 235 cm³/mol. The summed E-state index contributed by atoms with van der Waals surface area (Å²) in [5.41, 5.74) is 8.26. The number of piperazine rings is 1. The summed E-state index contributed by atoms with van der Waals surface area (Å²) < 4.78 is 3.12. The number of fused-ring (bicyclic) bond motifs is 2. The van der Waals surface area contributed by atoms with E-state index >= 15 is 0 Å². The Labute approximate surface area is 349 Å². The van der Waals surface area contributed by atoms with E-state index in [0.717, 1.165) is 29.8 Å². The second kappa shape index (κ2) is 20.6. The molecule has 1 aromatic carbocycles. The zero-order chi connectivity index (χ0) is 41.6. The molecule has 8 rings (SSSR count). The molecule has 0 radical (unpaired) electrons. The van der Waals surface area contributed by atoms with Crippen LogP contribution in [0.3, 0.4) is 0 Å². The summed E-state index contributed by atoms with van der Waals surface area (Å²) in [6.07, 6.45) is 23.1. The first-order valence-electron chi connectivity index (χ1n) is 21.2. The number of hydrogen-bond donors (Lipinski definition) is 2. The maximum absolute atomic E-state index is 8.98. The van der Waals surface area contributed by atoms with Gasteiger partial charge in [-0.3, -0.25) is 4.90 Å². The second-order valence-electron chi connectivity index (χ2n) is 15.7. The maximum atomic E-state index is 8.98. The van der Waals surface area contributed by atoms with E-state index < -0.39 is 0 Å². The molecule has 1 aliphatic heterocycles. The lowest BCUT2D eigenvalue weighted by Crippen LogP contribution is -2.47. The molecule has 4 aromatic heterocycles. The maximum Gasteiger partial charge on any atom is 0.164 e. The lowest BCUT2D eigenvalue weighted by Gasteiger charge is -2.37. The number of benzene rings is 1. The Morgan fingerprint density at radius 1 is 1.02 bits per heavy atom. The van der Waals surface area contributed by atoms with Crippen LogP contribution in [0.25, 0.3) is 22.5 Å². The molecule has 3 aliphatic rings. The Hall–Kier alpha value is -6.05. The van der Waals surface area contributed by atoms with Gasteiger partial charge in [-0.2, -0.15) is 20.3 Å². The number of aryl methyl sites for hydroxylation is 1. The van der Waals surface area contributed by atoms with E-state index in [9.17, 15) is 0 Å². The number of nitrogens with zero attached hydrogens (tertiary/aromatic N) is 11. The summed E-state index contributed by atoms with van der Waals surface area (Å²) in [6, 6.07) is 14.9. The third kappa shape index (κ3) is 10.5. The number of aromatic nitrogens is 7. The van der Waals surface area contributed by atoms with Gasteiger partial charge in [0, 0.05) is 55.2 Å². The highest BCUT2D eigenvalue weighted by Gasteiger charge is 2.34. The zero-order valence-electron chi connectivity index (χ0n) is 35.1. The first-order valence-corrected chi connectivity index (χ1v) is 21.2. The molecule has 13 nitrogen and oxygen atoms in total. The molecule has 1 atom stereocenters. The van der Waals surface area contributed by atoms with Crippen LogP contribution in [-0.2, 0) is 11.8 Å². The lowest BCUT2D eigenvalue weighted by atomic mass is 9.79. The number of nitrogens with one attached hydrogen (secondary N) is 2. The Balaban J connectivity index is 0.000000193. The third-order valence-electron chi connectivity index (χ3n) is 11.9. The van der Waals surface area contributed by atoms with Gasteiger partial charge in [-0.15, -0.1) is 5.10 Å². The van der Waals surface area contributed by atoms with Crippen molar-refractivity contribution in [3.8, 4) is 23.6 Å². The average molecular weight is 794 g/mol. The summed E-state index contributed by atoms with van der Waals surface area (Å²) >= 11 is 0. The molecule has 1 saturated heterocycles. The van der Waals surface area contributed by atoms with Gasteiger partial charge >= 0.3 is 0 Å². The van der Waals surface area contributed by atoms with Crippen LogP contribution in [0.5, 0.6) is 0 Å². The van der Waals surface area contributed by atoms with Crippen molar-refractivity contribution in [1.29, 1.82) is 10.5 Å². The van der Waals surface area contributed by atoms with Crippen molar-refractivity contribution in [3.63, 3.8) is 0 Å². The molecule has 2 N–H and O–H groups in total. The Morgan fingerprint density at radius 3 is 2.56 bits per heavy atom. The number of hydrogen-bond acceptors (Lipinski definition) is 11. The van der Waals surface area contributed by atoms with Crippen LogP contribution in [0.1, 0.15) is 95.2 Å². The van der Waals surface area contributed by atoms with E-state index in [-0.39, 0.29) is 12.0 Å². The molecule has 2 aliphatic carbocycles. The van der Waals surface area contributed by atoms with Gasteiger partial charge in [-0.05, 0) is 85.5 Å². The highest BCUT2D eigenvalue weighted by atomic mass is 15.4. The average Bonchev–Trinajstić information content (AvgIpc) is 4.05.